The lowest BCUT2D eigenvalue weighted by molar-refractivity contribution is -0.114. The Hall–Kier alpha value is -1.04. The molecule has 1 amide bonds. The molecule has 0 radical (unpaired) electrons. The second-order valence-corrected chi connectivity index (χ2v) is 3.87. The molecule has 0 aliphatic heterocycles. The Morgan fingerprint density at radius 1 is 1.50 bits per heavy atom. The minimum Gasteiger partial charge on any atom is -0.389 e. The van der Waals surface area contributed by atoms with Gasteiger partial charge in [0.1, 0.15) is 6.10 Å². The lowest BCUT2D eigenvalue weighted by Crippen LogP contribution is -2.19. The molecule has 2 unspecified atom stereocenters. The minimum absolute atomic E-state index is 0.172. The Bertz CT molecular complexity index is 370. The summed E-state index contributed by atoms with van der Waals surface area (Å²) in [6, 6.07) is 6.72. The fourth-order valence-electron chi connectivity index (χ4n) is 1.33. The van der Waals surface area contributed by atoms with Crippen LogP contribution in [0.1, 0.15) is 18.6 Å². The highest BCUT2D eigenvalue weighted by Crippen LogP contribution is 2.21. The van der Waals surface area contributed by atoms with Crippen molar-refractivity contribution in [2.24, 2.45) is 0 Å². The van der Waals surface area contributed by atoms with E-state index in [2.05, 4.69) is 17.9 Å². The van der Waals surface area contributed by atoms with Gasteiger partial charge in [-0.05, 0) is 17.7 Å². The van der Waals surface area contributed by atoms with Crippen LogP contribution >= 0.6 is 12.6 Å². The van der Waals surface area contributed by atoms with E-state index < -0.39 is 12.2 Å². The molecule has 1 aromatic carbocycles. The molecule has 0 aliphatic carbocycles. The summed E-state index contributed by atoms with van der Waals surface area (Å²) in [5.41, 5.74) is 1.14. The zero-order chi connectivity index (χ0) is 12.1. The first-order valence-electron chi connectivity index (χ1n) is 4.89. The number of amides is 1. The van der Waals surface area contributed by atoms with Gasteiger partial charge in [0.2, 0.25) is 5.91 Å². The third-order valence-corrected chi connectivity index (χ3v) is 2.47. The normalized spacial score (nSPS) is 14.2. The van der Waals surface area contributed by atoms with Crippen molar-refractivity contribution in [2.75, 3.05) is 11.1 Å². The molecule has 1 aromatic rings. The SMILES string of the molecule is CC(=O)Nc1cccc(C(O)C(O)CS)c1. The molecule has 0 heterocycles. The van der Waals surface area contributed by atoms with Crippen LogP contribution in [-0.2, 0) is 4.79 Å². The summed E-state index contributed by atoms with van der Waals surface area (Å²) in [6.45, 7) is 1.41. The third kappa shape index (κ3) is 3.52. The van der Waals surface area contributed by atoms with Crippen molar-refractivity contribution in [1.29, 1.82) is 0 Å². The predicted molar refractivity (Wildman–Crippen MR) is 65.6 cm³/mol. The van der Waals surface area contributed by atoms with Crippen LogP contribution in [0.25, 0.3) is 0 Å². The number of hydrogen-bond donors (Lipinski definition) is 4. The molecule has 2 atom stereocenters. The van der Waals surface area contributed by atoms with Gasteiger partial charge in [0.15, 0.2) is 0 Å². The van der Waals surface area contributed by atoms with Gasteiger partial charge in [0.05, 0.1) is 6.10 Å². The molecule has 5 heteroatoms. The van der Waals surface area contributed by atoms with Gasteiger partial charge in [-0.1, -0.05) is 12.1 Å². The fourth-order valence-corrected chi connectivity index (χ4v) is 1.53. The maximum Gasteiger partial charge on any atom is 0.221 e. The van der Waals surface area contributed by atoms with Crippen LogP contribution in [0.3, 0.4) is 0 Å². The van der Waals surface area contributed by atoms with E-state index in [1.54, 1.807) is 24.3 Å². The lowest BCUT2D eigenvalue weighted by atomic mass is 10.0. The van der Waals surface area contributed by atoms with E-state index in [9.17, 15) is 15.0 Å². The number of nitrogens with one attached hydrogen (secondary N) is 1. The lowest BCUT2D eigenvalue weighted by Gasteiger charge is -2.16. The molecule has 0 aromatic heterocycles. The highest BCUT2D eigenvalue weighted by atomic mass is 32.1. The summed E-state index contributed by atoms with van der Waals surface area (Å²) < 4.78 is 0. The Balaban J connectivity index is 2.85. The van der Waals surface area contributed by atoms with Crippen molar-refractivity contribution in [3.05, 3.63) is 29.8 Å². The molecular weight excluding hydrogens is 226 g/mol. The van der Waals surface area contributed by atoms with Crippen molar-refractivity contribution in [1.82, 2.24) is 0 Å². The molecule has 16 heavy (non-hydrogen) atoms. The Labute approximate surface area is 99.7 Å². The second kappa shape index (κ2) is 5.89. The molecular formula is C11H15NO3S. The van der Waals surface area contributed by atoms with Crippen LogP contribution in [0.4, 0.5) is 5.69 Å². The summed E-state index contributed by atoms with van der Waals surface area (Å²) in [4.78, 5) is 10.8. The van der Waals surface area contributed by atoms with Gasteiger partial charge in [-0.2, -0.15) is 12.6 Å². The number of aliphatic hydroxyl groups is 2. The van der Waals surface area contributed by atoms with E-state index in [4.69, 9.17) is 0 Å². The number of carbonyl (C=O) groups excluding carboxylic acids is 1. The van der Waals surface area contributed by atoms with Crippen LogP contribution < -0.4 is 5.32 Å². The van der Waals surface area contributed by atoms with Gasteiger partial charge in [-0.15, -0.1) is 0 Å². The minimum atomic E-state index is -0.994. The zero-order valence-corrected chi connectivity index (χ0v) is 9.82. The van der Waals surface area contributed by atoms with Crippen LogP contribution in [0.5, 0.6) is 0 Å². The van der Waals surface area contributed by atoms with E-state index in [0.717, 1.165) is 0 Å². The molecule has 0 saturated heterocycles. The molecule has 3 N–H and O–H groups in total. The van der Waals surface area contributed by atoms with Crippen molar-refractivity contribution in [3.8, 4) is 0 Å². The molecule has 0 bridgehead atoms. The summed E-state index contributed by atoms with van der Waals surface area (Å²) in [5, 5.41) is 21.8. The quantitative estimate of drug-likeness (QED) is 0.594. The monoisotopic (exact) mass is 241 g/mol. The molecule has 4 nitrogen and oxygen atoms in total. The summed E-state index contributed by atoms with van der Waals surface area (Å²) >= 11 is 3.91. The second-order valence-electron chi connectivity index (χ2n) is 3.50. The van der Waals surface area contributed by atoms with Crippen molar-refractivity contribution in [2.45, 2.75) is 19.1 Å². The summed E-state index contributed by atoms with van der Waals surface area (Å²) in [6.07, 6.45) is -1.91. The van der Waals surface area contributed by atoms with Gasteiger partial charge in [-0.3, -0.25) is 4.79 Å². The maximum atomic E-state index is 10.8. The number of carbonyl (C=O) groups is 1. The van der Waals surface area contributed by atoms with E-state index in [0.29, 0.717) is 11.3 Å². The third-order valence-electron chi connectivity index (χ3n) is 2.10. The predicted octanol–water partition coefficient (Wildman–Crippen LogP) is 0.969. The van der Waals surface area contributed by atoms with Gasteiger partial charge < -0.3 is 15.5 Å². The standard InChI is InChI=1S/C11H15NO3S/c1-7(13)12-9-4-2-3-8(5-9)11(15)10(14)6-16/h2-5,10-11,14-16H,6H2,1H3,(H,12,13). The van der Waals surface area contributed by atoms with Crippen molar-refractivity contribution < 1.29 is 15.0 Å². The first-order chi connectivity index (χ1) is 7.54. The summed E-state index contributed by atoms with van der Waals surface area (Å²) in [5.74, 6) is -0.00712. The fraction of sp³-hybridized carbons (Fsp3) is 0.364. The van der Waals surface area contributed by atoms with E-state index in [1.165, 1.54) is 6.92 Å². The number of thiol groups is 1. The van der Waals surface area contributed by atoms with Gasteiger partial charge in [0, 0.05) is 18.4 Å². The number of benzene rings is 1. The zero-order valence-electron chi connectivity index (χ0n) is 8.92. The molecule has 88 valence electrons. The Morgan fingerprint density at radius 2 is 2.19 bits per heavy atom. The average Bonchev–Trinajstić information content (AvgIpc) is 2.26. The number of rotatable bonds is 4. The average molecular weight is 241 g/mol. The van der Waals surface area contributed by atoms with Crippen LogP contribution in [0.15, 0.2) is 24.3 Å². The van der Waals surface area contributed by atoms with Crippen LogP contribution in [0, 0.1) is 0 Å². The summed E-state index contributed by atoms with van der Waals surface area (Å²) in [7, 11) is 0. The first-order valence-corrected chi connectivity index (χ1v) is 5.52. The highest BCUT2D eigenvalue weighted by molar-refractivity contribution is 7.80. The molecule has 1 rings (SSSR count). The van der Waals surface area contributed by atoms with Crippen LogP contribution in [-0.4, -0.2) is 28.0 Å². The largest absolute Gasteiger partial charge is 0.389 e. The smallest absolute Gasteiger partial charge is 0.221 e. The Kier molecular flexibility index (Phi) is 4.79. The molecule has 0 saturated carbocycles. The topological polar surface area (TPSA) is 69.6 Å². The van der Waals surface area contributed by atoms with Crippen molar-refractivity contribution >= 4 is 24.2 Å². The van der Waals surface area contributed by atoms with Gasteiger partial charge in [0.25, 0.3) is 0 Å². The van der Waals surface area contributed by atoms with Gasteiger partial charge >= 0.3 is 0 Å². The van der Waals surface area contributed by atoms with Gasteiger partial charge in [-0.25, -0.2) is 0 Å². The Morgan fingerprint density at radius 3 is 2.75 bits per heavy atom. The molecule has 0 fully saturated rings. The highest BCUT2D eigenvalue weighted by Gasteiger charge is 2.16. The number of hydrogen-bond acceptors (Lipinski definition) is 4. The first kappa shape index (κ1) is 13.0. The van der Waals surface area contributed by atoms with E-state index in [1.807, 2.05) is 0 Å². The van der Waals surface area contributed by atoms with Crippen LogP contribution in [0.2, 0.25) is 0 Å². The van der Waals surface area contributed by atoms with E-state index in [-0.39, 0.29) is 11.7 Å². The number of anilines is 1. The number of aliphatic hydroxyl groups excluding tert-OH is 2. The molecule has 0 spiro atoms. The van der Waals surface area contributed by atoms with E-state index >= 15 is 0 Å². The molecule has 0 aliphatic rings. The van der Waals surface area contributed by atoms with Crippen molar-refractivity contribution in [3.63, 3.8) is 0 Å². The maximum absolute atomic E-state index is 10.8.